The lowest BCUT2D eigenvalue weighted by Crippen LogP contribution is -2.47. The van der Waals surface area contributed by atoms with Gasteiger partial charge in [-0.1, -0.05) is 74.5 Å². The van der Waals surface area contributed by atoms with E-state index in [-0.39, 0.29) is 29.7 Å². The van der Waals surface area contributed by atoms with E-state index in [2.05, 4.69) is 22.8 Å². The van der Waals surface area contributed by atoms with Crippen molar-refractivity contribution in [2.45, 2.75) is 25.8 Å². The molecule has 0 spiro atoms. The summed E-state index contributed by atoms with van der Waals surface area (Å²) >= 11 is 0. The van der Waals surface area contributed by atoms with E-state index >= 15 is 0 Å². The van der Waals surface area contributed by atoms with Crippen molar-refractivity contribution < 1.29 is 24.2 Å². The molecule has 4 rings (SSSR count). The van der Waals surface area contributed by atoms with E-state index in [1.807, 2.05) is 36.4 Å². The molecule has 3 aromatic carbocycles. The Morgan fingerprint density at radius 3 is 2.03 bits per heavy atom. The van der Waals surface area contributed by atoms with Crippen LogP contribution in [0.5, 0.6) is 0 Å². The fourth-order valence-electron chi connectivity index (χ4n) is 4.29. The van der Waals surface area contributed by atoms with E-state index in [0.717, 1.165) is 22.3 Å². The third-order valence-electron chi connectivity index (χ3n) is 5.98. The number of carbonyl (C=O) groups excluding carboxylic acids is 2. The van der Waals surface area contributed by atoms with E-state index in [9.17, 15) is 19.5 Å². The topological polar surface area (TPSA) is 105 Å². The van der Waals surface area contributed by atoms with Gasteiger partial charge < -0.3 is 20.5 Å². The molecule has 0 heterocycles. The van der Waals surface area contributed by atoms with Gasteiger partial charge in [0.1, 0.15) is 12.6 Å². The molecule has 0 saturated carbocycles. The van der Waals surface area contributed by atoms with Gasteiger partial charge in [-0.3, -0.25) is 4.79 Å². The first-order chi connectivity index (χ1) is 16.4. The van der Waals surface area contributed by atoms with E-state index in [4.69, 9.17) is 4.74 Å². The van der Waals surface area contributed by atoms with Gasteiger partial charge in [-0.15, -0.1) is 0 Å². The van der Waals surface area contributed by atoms with Crippen LogP contribution in [0.2, 0.25) is 0 Å². The first-order valence-corrected chi connectivity index (χ1v) is 11.1. The van der Waals surface area contributed by atoms with Gasteiger partial charge in [0, 0.05) is 5.92 Å². The second kappa shape index (κ2) is 9.79. The highest BCUT2D eigenvalue weighted by molar-refractivity contribution is 6.02. The van der Waals surface area contributed by atoms with Gasteiger partial charge in [-0.2, -0.15) is 0 Å². The van der Waals surface area contributed by atoms with Crippen molar-refractivity contribution >= 4 is 23.7 Å². The Bertz CT molecular complexity index is 1190. The molecule has 3 aromatic rings. The Kier molecular flexibility index (Phi) is 6.63. The van der Waals surface area contributed by atoms with Crippen molar-refractivity contribution in [2.75, 3.05) is 11.9 Å². The molecule has 1 aliphatic rings. The van der Waals surface area contributed by atoms with Crippen molar-refractivity contribution in [3.05, 3.63) is 89.5 Å². The molecule has 0 aromatic heterocycles. The standard InChI is InChI=1S/C27H26N2O5/c1-16(2)24(25(30)28-23-14-8-7-13-21(23)26(31)32)29-27(33)34-15-22-19-11-5-3-9-17(19)18-10-4-6-12-20(18)22/h3-14,16,22,24H,15H2,1-2H3,(H,28,30)(H,29,33)(H,31,32)/t24-/m0/s1. The second-order valence-corrected chi connectivity index (χ2v) is 8.53. The monoisotopic (exact) mass is 458 g/mol. The maximum Gasteiger partial charge on any atom is 0.407 e. The first-order valence-electron chi connectivity index (χ1n) is 11.1. The summed E-state index contributed by atoms with van der Waals surface area (Å²) in [7, 11) is 0. The number of benzene rings is 3. The highest BCUT2D eigenvalue weighted by Crippen LogP contribution is 2.44. The molecule has 0 radical (unpaired) electrons. The fourth-order valence-corrected chi connectivity index (χ4v) is 4.29. The zero-order valence-corrected chi connectivity index (χ0v) is 18.9. The van der Waals surface area contributed by atoms with Crippen molar-refractivity contribution in [3.63, 3.8) is 0 Å². The summed E-state index contributed by atoms with van der Waals surface area (Å²) in [6.07, 6.45) is -0.706. The summed E-state index contributed by atoms with van der Waals surface area (Å²) in [5.74, 6) is -2.01. The fraction of sp³-hybridized carbons (Fsp3) is 0.222. The number of para-hydroxylation sites is 1. The van der Waals surface area contributed by atoms with Crippen LogP contribution in [-0.2, 0) is 9.53 Å². The first kappa shape index (κ1) is 23.0. The number of alkyl carbamates (subject to hydrolysis) is 1. The molecule has 2 amide bonds. The molecular formula is C27H26N2O5. The van der Waals surface area contributed by atoms with Gasteiger partial charge in [0.25, 0.3) is 0 Å². The number of rotatable bonds is 7. The Morgan fingerprint density at radius 1 is 0.882 bits per heavy atom. The van der Waals surface area contributed by atoms with Crippen LogP contribution in [-0.4, -0.2) is 35.7 Å². The molecule has 7 heteroatoms. The highest BCUT2D eigenvalue weighted by atomic mass is 16.5. The number of ether oxygens (including phenoxy) is 1. The van der Waals surface area contributed by atoms with Crippen LogP contribution in [0.4, 0.5) is 10.5 Å². The lowest BCUT2D eigenvalue weighted by Gasteiger charge is -2.22. The number of carboxylic acid groups (broad SMARTS) is 1. The number of nitrogens with one attached hydrogen (secondary N) is 2. The largest absolute Gasteiger partial charge is 0.478 e. The lowest BCUT2D eigenvalue weighted by molar-refractivity contribution is -0.119. The zero-order chi connectivity index (χ0) is 24.2. The number of carbonyl (C=O) groups is 3. The second-order valence-electron chi connectivity index (χ2n) is 8.53. The van der Waals surface area contributed by atoms with Gasteiger partial charge >= 0.3 is 12.1 Å². The van der Waals surface area contributed by atoms with Crippen molar-refractivity contribution in [3.8, 4) is 11.1 Å². The molecule has 34 heavy (non-hydrogen) atoms. The molecular weight excluding hydrogens is 432 g/mol. The number of anilines is 1. The molecule has 0 unspecified atom stereocenters. The molecule has 1 aliphatic carbocycles. The number of fused-ring (bicyclic) bond motifs is 3. The molecule has 0 bridgehead atoms. The summed E-state index contributed by atoms with van der Waals surface area (Å²) < 4.78 is 5.56. The van der Waals surface area contributed by atoms with Crippen LogP contribution in [0.15, 0.2) is 72.8 Å². The van der Waals surface area contributed by atoms with Crippen molar-refractivity contribution in [1.29, 1.82) is 0 Å². The van der Waals surface area contributed by atoms with Crippen LogP contribution in [0, 0.1) is 5.92 Å². The van der Waals surface area contributed by atoms with Gasteiger partial charge in [0.15, 0.2) is 0 Å². The Labute approximate surface area is 197 Å². The minimum atomic E-state index is -1.15. The number of aromatic carboxylic acids is 1. The van der Waals surface area contributed by atoms with E-state index in [0.29, 0.717) is 0 Å². The molecule has 7 nitrogen and oxygen atoms in total. The number of carboxylic acids is 1. The van der Waals surface area contributed by atoms with Gasteiger partial charge in [0.05, 0.1) is 11.3 Å². The maximum absolute atomic E-state index is 12.9. The minimum Gasteiger partial charge on any atom is -0.478 e. The van der Waals surface area contributed by atoms with E-state index < -0.39 is 24.0 Å². The SMILES string of the molecule is CC(C)[C@H](NC(=O)OCC1c2ccccc2-c2ccccc21)C(=O)Nc1ccccc1C(=O)O. The van der Waals surface area contributed by atoms with E-state index in [1.54, 1.807) is 26.0 Å². The third kappa shape index (κ3) is 4.64. The highest BCUT2D eigenvalue weighted by Gasteiger charge is 2.30. The van der Waals surface area contributed by atoms with Crippen LogP contribution < -0.4 is 10.6 Å². The van der Waals surface area contributed by atoms with Crippen molar-refractivity contribution in [1.82, 2.24) is 5.32 Å². The molecule has 0 saturated heterocycles. The van der Waals surface area contributed by atoms with E-state index in [1.165, 1.54) is 12.1 Å². The summed E-state index contributed by atoms with van der Waals surface area (Å²) in [6, 6.07) is 21.3. The minimum absolute atomic E-state index is 0.0282. The molecule has 174 valence electrons. The predicted octanol–water partition coefficient (Wildman–Crippen LogP) is 4.89. The van der Waals surface area contributed by atoms with Crippen LogP contribution in [0.1, 0.15) is 41.3 Å². The smallest absolute Gasteiger partial charge is 0.407 e. The predicted molar refractivity (Wildman–Crippen MR) is 129 cm³/mol. The van der Waals surface area contributed by atoms with Crippen LogP contribution >= 0.6 is 0 Å². The lowest BCUT2D eigenvalue weighted by atomic mass is 9.98. The maximum atomic E-state index is 12.9. The summed E-state index contributed by atoms with van der Waals surface area (Å²) in [5, 5.41) is 14.6. The van der Waals surface area contributed by atoms with Crippen LogP contribution in [0.25, 0.3) is 11.1 Å². The molecule has 0 aliphatic heterocycles. The Hall–Kier alpha value is -4.13. The average Bonchev–Trinajstić information content (AvgIpc) is 3.15. The number of hydrogen-bond acceptors (Lipinski definition) is 4. The molecule has 3 N–H and O–H groups in total. The Morgan fingerprint density at radius 2 is 1.44 bits per heavy atom. The molecule has 1 atom stereocenters. The van der Waals surface area contributed by atoms with Crippen molar-refractivity contribution in [2.24, 2.45) is 5.92 Å². The Balaban J connectivity index is 1.43. The molecule has 0 fully saturated rings. The van der Waals surface area contributed by atoms with Crippen LogP contribution in [0.3, 0.4) is 0 Å². The normalized spacial score (nSPS) is 13.0. The third-order valence-corrected chi connectivity index (χ3v) is 5.98. The number of hydrogen-bond donors (Lipinski definition) is 3. The van der Waals surface area contributed by atoms with Gasteiger partial charge in [0.2, 0.25) is 5.91 Å². The zero-order valence-electron chi connectivity index (χ0n) is 18.9. The summed E-state index contributed by atoms with van der Waals surface area (Å²) in [5.41, 5.74) is 4.59. The summed E-state index contributed by atoms with van der Waals surface area (Å²) in [6.45, 7) is 3.71. The van der Waals surface area contributed by atoms with Gasteiger partial charge in [-0.25, -0.2) is 9.59 Å². The van der Waals surface area contributed by atoms with Gasteiger partial charge in [-0.05, 0) is 40.3 Å². The average molecular weight is 459 g/mol. The number of amides is 2. The quantitative estimate of drug-likeness (QED) is 0.468. The summed E-state index contributed by atoms with van der Waals surface area (Å²) in [4.78, 5) is 37.0.